The summed E-state index contributed by atoms with van der Waals surface area (Å²) in [7, 11) is 1.68. The van der Waals surface area contributed by atoms with E-state index in [1.807, 2.05) is 36.4 Å². The number of fused-ring (bicyclic) bond motifs is 2. The van der Waals surface area contributed by atoms with Crippen molar-refractivity contribution in [3.63, 3.8) is 0 Å². The zero-order valence-electron chi connectivity index (χ0n) is 13.7. The Morgan fingerprint density at radius 3 is 2.65 bits per heavy atom. The SMILES string of the molecule is COc1ccc2nc3cc(Cl)ccc3c(NCCC(C)C)c2c1. The van der Waals surface area contributed by atoms with Crippen LogP contribution in [0.3, 0.4) is 0 Å². The topological polar surface area (TPSA) is 34.1 Å². The molecular weight excluding hydrogens is 308 g/mol. The Kier molecular flexibility index (Phi) is 4.58. The fraction of sp³-hybridized carbons (Fsp3) is 0.316. The molecular formula is C19H21ClN2O. The van der Waals surface area contributed by atoms with E-state index in [1.54, 1.807) is 7.11 Å². The minimum Gasteiger partial charge on any atom is -0.497 e. The van der Waals surface area contributed by atoms with Gasteiger partial charge in [0.25, 0.3) is 0 Å². The van der Waals surface area contributed by atoms with Crippen molar-refractivity contribution in [3.05, 3.63) is 41.4 Å². The molecule has 3 aromatic rings. The third kappa shape index (κ3) is 3.35. The molecule has 0 atom stereocenters. The van der Waals surface area contributed by atoms with Crippen LogP contribution in [-0.4, -0.2) is 18.6 Å². The van der Waals surface area contributed by atoms with Crippen LogP contribution in [0.15, 0.2) is 36.4 Å². The number of hydrogen-bond acceptors (Lipinski definition) is 3. The van der Waals surface area contributed by atoms with E-state index in [2.05, 4.69) is 19.2 Å². The van der Waals surface area contributed by atoms with Gasteiger partial charge in [0.05, 0.1) is 23.8 Å². The maximum absolute atomic E-state index is 6.14. The Morgan fingerprint density at radius 2 is 1.91 bits per heavy atom. The Labute approximate surface area is 141 Å². The van der Waals surface area contributed by atoms with Crippen molar-refractivity contribution in [1.82, 2.24) is 4.98 Å². The van der Waals surface area contributed by atoms with Crippen LogP contribution in [0.5, 0.6) is 5.75 Å². The summed E-state index contributed by atoms with van der Waals surface area (Å²) in [6.07, 6.45) is 1.11. The van der Waals surface area contributed by atoms with Crippen molar-refractivity contribution >= 4 is 39.1 Å². The van der Waals surface area contributed by atoms with Gasteiger partial charge in [0, 0.05) is 22.3 Å². The van der Waals surface area contributed by atoms with Crippen LogP contribution in [0.4, 0.5) is 5.69 Å². The standard InChI is InChI=1S/C19H21ClN2O/c1-12(2)8-9-21-19-15-6-4-13(20)10-18(15)22-17-7-5-14(23-3)11-16(17)19/h4-7,10-12H,8-9H2,1-3H3,(H,21,22). The second-order valence-electron chi connectivity index (χ2n) is 6.14. The molecule has 0 bridgehead atoms. The summed E-state index contributed by atoms with van der Waals surface area (Å²) in [4.78, 5) is 4.74. The maximum atomic E-state index is 6.14. The highest BCUT2D eigenvalue weighted by atomic mass is 35.5. The lowest BCUT2D eigenvalue weighted by atomic mass is 10.1. The second kappa shape index (κ2) is 6.63. The zero-order valence-corrected chi connectivity index (χ0v) is 14.4. The molecule has 0 aliphatic rings. The van der Waals surface area contributed by atoms with Gasteiger partial charge < -0.3 is 10.1 Å². The Balaban J connectivity index is 2.18. The number of halogens is 1. The molecule has 3 rings (SSSR count). The fourth-order valence-corrected chi connectivity index (χ4v) is 2.87. The average Bonchev–Trinajstić information content (AvgIpc) is 2.53. The van der Waals surface area contributed by atoms with E-state index in [9.17, 15) is 0 Å². The van der Waals surface area contributed by atoms with Crippen molar-refractivity contribution in [2.45, 2.75) is 20.3 Å². The molecule has 1 aromatic heterocycles. The van der Waals surface area contributed by atoms with Crippen LogP contribution in [0.1, 0.15) is 20.3 Å². The number of pyridine rings is 1. The number of rotatable bonds is 5. The van der Waals surface area contributed by atoms with Crippen LogP contribution < -0.4 is 10.1 Å². The van der Waals surface area contributed by atoms with Crippen LogP contribution in [0.25, 0.3) is 21.8 Å². The Hall–Kier alpha value is -2.00. The lowest BCUT2D eigenvalue weighted by Gasteiger charge is -2.15. The first kappa shape index (κ1) is 15.9. The van der Waals surface area contributed by atoms with E-state index in [-0.39, 0.29) is 0 Å². The molecule has 4 heteroatoms. The van der Waals surface area contributed by atoms with Crippen molar-refractivity contribution < 1.29 is 4.74 Å². The number of anilines is 1. The Morgan fingerprint density at radius 1 is 1.09 bits per heavy atom. The fourth-order valence-electron chi connectivity index (χ4n) is 2.70. The average molecular weight is 329 g/mol. The van der Waals surface area contributed by atoms with Crippen LogP contribution in [0.2, 0.25) is 5.02 Å². The molecule has 0 fully saturated rings. The number of benzene rings is 2. The molecule has 0 unspecified atom stereocenters. The van der Waals surface area contributed by atoms with E-state index < -0.39 is 0 Å². The van der Waals surface area contributed by atoms with Gasteiger partial charge in [-0.15, -0.1) is 0 Å². The number of methoxy groups -OCH3 is 1. The van der Waals surface area contributed by atoms with E-state index in [0.717, 1.165) is 46.2 Å². The van der Waals surface area contributed by atoms with Gasteiger partial charge >= 0.3 is 0 Å². The van der Waals surface area contributed by atoms with Gasteiger partial charge in [-0.2, -0.15) is 0 Å². The molecule has 2 aromatic carbocycles. The third-order valence-corrected chi connectivity index (χ3v) is 4.20. The normalized spacial score (nSPS) is 11.3. The first-order valence-electron chi connectivity index (χ1n) is 7.89. The van der Waals surface area contributed by atoms with Crippen LogP contribution >= 0.6 is 11.6 Å². The summed E-state index contributed by atoms with van der Waals surface area (Å²) in [5, 5.41) is 6.45. The molecule has 1 N–H and O–H groups in total. The molecule has 0 saturated heterocycles. The smallest absolute Gasteiger partial charge is 0.119 e. The number of nitrogens with zero attached hydrogens (tertiary/aromatic N) is 1. The molecule has 3 nitrogen and oxygen atoms in total. The van der Waals surface area contributed by atoms with Gasteiger partial charge in [0.15, 0.2) is 0 Å². The zero-order chi connectivity index (χ0) is 16.4. The van der Waals surface area contributed by atoms with Gasteiger partial charge in [-0.3, -0.25) is 0 Å². The lowest BCUT2D eigenvalue weighted by Crippen LogP contribution is -2.06. The minimum atomic E-state index is 0.658. The van der Waals surface area contributed by atoms with Gasteiger partial charge in [-0.25, -0.2) is 4.98 Å². The number of aromatic nitrogens is 1. The molecule has 0 aliphatic heterocycles. The number of hydrogen-bond donors (Lipinski definition) is 1. The summed E-state index contributed by atoms with van der Waals surface area (Å²) in [5.74, 6) is 1.49. The molecule has 0 saturated carbocycles. The van der Waals surface area contributed by atoms with Crippen molar-refractivity contribution in [1.29, 1.82) is 0 Å². The highest BCUT2D eigenvalue weighted by Gasteiger charge is 2.10. The van der Waals surface area contributed by atoms with E-state index in [0.29, 0.717) is 10.9 Å². The second-order valence-corrected chi connectivity index (χ2v) is 6.58. The van der Waals surface area contributed by atoms with E-state index >= 15 is 0 Å². The summed E-state index contributed by atoms with van der Waals surface area (Å²) in [6, 6.07) is 11.8. The van der Waals surface area contributed by atoms with Crippen molar-refractivity contribution in [2.24, 2.45) is 5.92 Å². The maximum Gasteiger partial charge on any atom is 0.119 e. The highest BCUT2D eigenvalue weighted by Crippen LogP contribution is 2.34. The summed E-state index contributed by atoms with van der Waals surface area (Å²) >= 11 is 6.14. The van der Waals surface area contributed by atoms with E-state index in [4.69, 9.17) is 21.3 Å². The molecule has 120 valence electrons. The van der Waals surface area contributed by atoms with Gasteiger partial charge in [-0.1, -0.05) is 25.4 Å². The largest absolute Gasteiger partial charge is 0.497 e. The summed E-state index contributed by atoms with van der Waals surface area (Å²) in [5.41, 5.74) is 2.94. The first-order valence-corrected chi connectivity index (χ1v) is 8.27. The highest BCUT2D eigenvalue weighted by molar-refractivity contribution is 6.31. The van der Waals surface area contributed by atoms with Gasteiger partial charge in [0.2, 0.25) is 0 Å². The van der Waals surface area contributed by atoms with E-state index in [1.165, 1.54) is 0 Å². The molecule has 0 radical (unpaired) electrons. The molecule has 0 spiro atoms. The lowest BCUT2D eigenvalue weighted by molar-refractivity contribution is 0.415. The van der Waals surface area contributed by atoms with Gasteiger partial charge in [-0.05, 0) is 48.7 Å². The monoisotopic (exact) mass is 328 g/mol. The third-order valence-electron chi connectivity index (χ3n) is 3.97. The molecule has 1 heterocycles. The molecule has 23 heavy (non-hydrogen) atoms. The summed E-state index contributed by atoms with van der Waals surface area (Å²) < 4.78 is 5.37. The Bertz CT molecular complexity index is 846. The predicted molar refractivity (Wildman–Crippen MR) is 98.8 cm³/mol. The minimum absolute atomic E-state index is 0.658. The predicted octanol–water partition coefficient (Wildman–Crippen LogP) is 5.51. The molecule has 0 amide bonds. The van der Waals surface area contributed by atoms with Crippen molar-refractivity contribution in [2.75, 3.05) is 19.0 Å². The quantitative estimate of drug-likeness (QED) is 0.627. The number of ether oxygens (including phenoxy) is 1. The first-order chi connectivity index (χ1) is 11.1. The van der Waals surface area contributed by atoms with Crippen molar-refractivity contribution in [3.8, 4) is 5.75 Å². The number of nitrogens with one attached hydrogen (secondary N) is 1. The van der Waals surface area contributed by atoms with Crippen LogP contribution in [-0.2, 0) is 0 Å². The van der Waals surface area contributed by atoms with Crippen LogP contribution in [0, 0.1) is 5.92 Å². The summed E-state index contributed by atoms with van der Waals surface area (Å²) in [6.45, 7) is 5.38. The molecule has 0 aliphatic carbocycles. The van der Waals surface area contributed by atoms with Gasteiger partial charge in [0.1, 0.15) is 5.75 Å².